The first kappa shape index (κ1) is 9.61. The summed E-state index contributed by atoms with van der Waals surface area (Å²) in [7, 11) is 0. The highest BCUT2D eigenvalue weighted by atomic mass is 79.9. The van der Waals surface area contributed by atoms with Gasteiger partial charge in [0.25, 0.3) is 5.69 Å². The van der Waals surface area contributed by atoms with Crippen LogP contribution in [-0.2, 0) is 10.3 Å². The summed E-state index contributed by atoms with van der Waals surface area (Å²) in [6.07, 6.45) is 0. The van der Waals surface area contributed by atoms with Gasteiger partial charge in [0.05, 0.1) is 11.5 Å². The van der Waals surface area contributed by atoms with E-state index in [0.717, 1.165) is 5.56 Å². The van der Waals surface area contributed by atoms with E-state index in [1.165, 1.54) is 6.07 Å². The Morgan fingerprint density at radius 1 is 1.57 bits per heavy atom. The molecule has 1 aliphatic heterocycles. The molecule has 1 aromatic carbocycles. The molecule has 1 fully saturated rings. The van der Waals surface area contributed by atoms with Crippen molar-refractivity contribution >= 4 is 21.6 Å². The van der Waals surface area contributed by atoms with Crippen LogP contribution in [0.2, 0.25) is 0 Å². The molecular formula is C9H8BrNO3. The Bertz CT molecular complexity index is 401. The summed E-state index contributed by atoms with van der Waals surface area (Å²) in [6.45, 7) is 2.54. The molecule has 1 atom stereocenters. The number of hydrogen-bond acceptors (Lipinski definition) is 3. The maximum Gasteiger partial charge on any atom is 0.270 e. The van der Waals surface area contributed by atoms with Gasteiger partial charge in [-0.05, 0) is 18.6 Å². The zero-order valence-electron chi connectivity index (χ0n) is 7.49. The lowest BCUT2D eigenvalue weighted by molar-refractivity contribution is -0.385. The Labute approximate surface area is 89.2 Å². The molecule has 4 nitrogen and oxygen atoms in total. The van der Waals surface area contributed by atoms with Gasteiger partial charge in [0.15, 0.2) is 0 Å². The average Bonchev–Trinajstić information content (AvgIpc) is 2.84. The first-order valence-electron chi connectivity index (χ1n) is 4.11. The van der Waals surface area contributed by atoms with Crippen LogP contribution in [0.3, 0.4) is 0 Å². The van der Waals surface area contributed by atoms with Crippen LogP contribution in [0, 0.1) is 10.1 Å². The Morgan fingerprint density at radius 3 is 2.71 bits per heavy atom. The topological polar surface area (TPSA) is 55.7 Å². The molecule has 0 bridgehead atoms. The van der Waals surface area contributed by atoms with Gasteiger partial charge >= 0.3 is 0 Å². The monoisotopic (exact) mass is 257 g/mol. The molecule has 5 heteroatoms. The highest BCUT2D eigenvalue weighted by Gasteiger charge is 2.42. The molecular weight excluding hydrogens is 250 g/mol. The zero-order chi connectivity index (χ0) is 10.3. The average molecular weight is 258 g/mol. The van der Waals surface area contributed by atoms with E-state index in [1.807, 2.05) is 13.0 Å². The Hall–Kier alpha value is -0.940. The number of epoxide rings is 1. The number of halogens is 1. The molecule has 14 heavy (non-hydrogen) atoms. The lowest BCUT2D eigenvalue weighted by atomic mass is 10.0. The van der Waals surface area contributed by atoms with Crippen LogP contribution >= 0.6 is 15.9 Å². The van der Waals surface area contributed by atoms with Gasteiger partial charge < -0.3 is 4.74 Å². The summed E-state index contributed by atoms with van der Waals surface area (Å²) < 4.78 is 5.94. The van der Waals surface area contributed by atoms with Crippen LogP contribution in [0.1, 0.15) is 12.5 Å². The summed E-state index contributed by atoms with van der Waals surface area (Å²) in [4.78, 5) is 10.2. The molecule has 0 saturated carbocycles. The van der Waals surface area contributed by atoms with Crippen molar-refractivity contribution in [1.29, 1.82) is 0 Å². The van der Waals surface area contributed by atoms with Crippen molar-refractivity contribution in [3.63, 3.8) is 0 Å². The Morgan fingerprint density at radius 2 is 2.21 bits per heavy atom. The summed E-state index contributed by atoms with van der Waals surface area (Å²) in [6, 6.07) is 4.88. The van der Waals surface area contributed by atoms with Crippen LogP contribution in [0.15, 0.2) is 22.7 Å². The van der Waals surface area contributed by atoms with Gasteiger partial charge in [-0.3, -0.25) is 10.1 Å². The molecule has 1 aliphatic rings. The number of non-ortho nitro benzene ring substituents is 1. The van der Waals surface area contributed by atoms with Crippen LogP contribution in [0.5, 0.6) is 0 Å². The number of benzene rings is 1. The van der Waals surface area contributed by atoms with Crippen molar-refractivity contribution in [3.8, 4) is 0 Å². The second-order valence-corrected chi connectivity index (χ2v) is 4.39. The standard InChI is InChI=1S/C9H8BrNO3/c1-9(5-14-9)6-2-7(10)4-8(3-6)11(12)13/h2-4H,5H2,1H3. The van der Waals surface area contributed by atoms with E-state index in [2.05, 4.69) is 15.9 Å². The normalized spacial score (nSPS) is 24.7. The van der Waals surface area contributed by atoms with E-state index in [-0.39, 0.29) is 11.3 Å². The fourth-order valence-corrected chi connectivity index (χ4v) is 1.74. The van der Waals surface area contributed by atoms with E-state index in [9.17, 15) is 10.1 Å². The predicted molar refractivity (Wildman–Crippen MR) is 54.1 cm³/mol. The van der Waals surface area contributed by atoms with Gasteiger partial charge in [0.1, 0.15) is 5.60 Å². The molecule has 0 amide bonds. The Balaban J connectivity index is 2.47. The van der Waals surface area contributed by atoms with Crippen molar-refractivity contribution in [2.45, 2.75) is 12.5 Å². The van der Waals surface area contributed by atoms with Crippen molar-refractivity contribution in [1.82, 2.24) is 0 Å². The number of nitro groups is 1. The van der Waals surface area contributed by atoms with Gasteiger partial charge in [-0.2, -0.15) is 0 Å². The SMILES string of the molecule is CC1(c2cc(Br)cc([N+](=O)[O-])c2)CO1. The summed E-state index contributed by atoms with van der Waals surface area (Å²) >= 11 is 3.24. The van der Waals surface area contributed by atoms with E-state index in [1.54, 1.807) is 6.07 Å². The van der Waals surface area contributed by atoms with Crippen molar-refractivity contribution < 1.29 is 9.66 Å². The molecule has 2 rings (SSSR count). The lowest BCUT2D eigenvalue weighted by Crippen LogP contribution is -2.02. The molecule has 1 unspecified atom stereocenters. The van der Waals surface area contributed by atoms with E-state index in [0.29, 0.717) is 11.1 Å². The molecule has 0 aromatic heterocycles. The zero-order valence-corrected chi connectivity index (χ0v) is 9.08. The van der Waals surface area contributed by atoms with Crippen molar-refractivity contribution in [3.05, 3.63) is 38.3 Å². The van der Waals surface area contributed by atoms with Gasteiger partial charge in [0, 0.05) is 16.6 Å². The second kappa shape index (κ2) is 3.03. The molecule has 1 aromatic rings. The highest BCUT2D eigenvalue weighted by Crippen LogP contribution is 2.40. The maximum atomic E-state index is 10.6. The smallest absolute Gasteiger partial charge is 0.270 e. The van der Waals surface area contributed by atoms with E-state index < -0.39 is 4.92 Å². The summed E-state index contributed by atoms with van der Waals surface area (Å²) in [5.41, 5.74) is 0.610. The molecule has 1 saturated heterocycles. The lowest BCUT2D eigenvalue weighted by Gasteiger charge is -2.05. The third-order valence-corrected chi connectivity index (χ3v) is 2.74. The summed E-state index contributed by atoms with van der Waals surface area (Å²) in [5.74, 6) is 0. The van der Waals surface area contributed by atoms with Gasteiger partial charge in [-0.15, -0.1) is 0 Å². The largest absolute Gasteiger partial charge is 0.365 e. The fraction of sp³-hybridized carbons (Fsp3) is 0.333. The van der Waals surface area contributed by atoms with Crippen molar-refractivity contribution in [2.75, 3.05) is 6.61 Å². The number of nitrogens with zero attached hydrogens (tertiary/aromatic N) is 1. The maximum absolute atomic E-state index is 10.6. The Kier molecular flexibility index (Phi) is 2.08. The minimum Gasteiger partial charge on any atom is -0.365 e. The van der Waals surface area contributed by atoms with Gasteiger partial charge in [-0.25, -0.2) is 0 Å². The minimum atomic E-state index is -0.403. The number of hydrogen-bond donors (Lipinski definition) is 0. The van der Waals surface area contributed by atoms with Crippen LogP contribution in [0.4, 0.5) is 5.69 Å². The number of nitro benzene ring substituents is 1. The molecule has 74 valence electrons. The molecule has 0 spiro atoms. The summed E-state index contributed by atoms with van der Waals surface area (Å²) in [5, 5.41) is 10.6. The van der Waals surface area contributed by atoms with E-state index >= 15 is 0 Å². The third kappa shape index (κ3) is 1.65. The molecule has 0 aliphatic carbocycles. The highest BCUT2D eigenvalue weighted by molar-refractivity contribution is 9.10. The minimum absolute atomic E-state index is 0.0890. The number of ether oxygens (including phenoxy) is 1. The van der Waals surface area contributed by atoms with Crippen LogP contribution in [0.25, 0.3) is 0 Å². The molecule has 0 radical (unpaired) electrons. The second-order valence-electron chi connectivity index (χ2n) is 3.47. The van der Waals surface area contributed by atoms with Crippen LogP contribution < -0.4 is 0 Å². The van der Waals surface area contributed by atoms with Gasteiger partial charge in [-0.1, -0.05) is 15.9 Å². The predicted octanol–water partition coefficient (Wildman–Crippen LogP) is 2.60. The number of rotatable bonds is 2. The first-order valence-corrected chi connectivity index (χ1v) is 4.90. The molecule has 0 N–H and O–H groups in total. The third-order valence-electron chi connectivity index (χ3n) is 2.28. The molecule has 1 heterocycles. The van der Waals surface area contributed by atoms with Crippen molar-refractivity contribution in [2.24, 2.45) is 0 Å². The quantitative estimate of drug-likeness (QED) is 0.465. The van der Waals surface area contributed by atoms with Crippen LogP contribution in [-0.4, -0.2) is 11.5 Å². The fourth-order valence-electron chi connectivity index (χ4n) is 1.26. The first-order chi connectivity index (χ1) is 6.51. The van der Waals surface area contributed by atoms with Gasteiger partial charge in [0.2, 0.25) is 0 Å². The van der Waals surface area contributed by atoms with E-state index in [4.69, 9.17) is 4.74 Å².